The predicted molar refractivity (Wildman–Crippen MR) is 117 cm³/mol. The number of hydrogen-bond acceptors (Lipinski definition) is 7. The summed E-state index contributed by atoms with van der Waals surface area (Å²) in [6.07, 6.45) is 6.03. The van der Waals surface area contributed by atoms with Crippen LogP contribution >= 0.6 is 11.5 Å². The summed E-state index contributed by atoms with van der Waals surface area (Å²) in [5, 5.41) is 3.93. The average Bonchev–Trinajstić information content (AvgIpc) is 3.27. The van der Waals surface area contributed by atoms with Gasteiger partial charge in [-0.1, -0.05) is 18.2 Å². The van der Waals surface area contributed by atoms with Crippen LogP contribution in [0.2, 0.25) is 0 Å². The van der Waals surface area contributed by atoms with Gasteiger partial charge in [0.25, 0.3) is 0 Å². The molecule has 0 aliphatic carbocycles. The molecule has 30 heavy (non-hydrogen) atoms. The molecule has 2 aromatic heterocycles. The van der Waals surface area contributed by atoms with Gasteiger partial charge in [-0.05, 0) is 42.2 Å². The molecule has 0 radical (unpaired) electrons. The number of rotatable bonds is 7. The van der Waals surface area contributed by atoms with Crippen LogP contribution < -0.4 is 15.0 Å². The molecule has 1 aliphatic rings. The molecule has 3 heterocycles. The van der Waals surface area contributed by atoms with Crippen LogP contribution in [0.1, 0.15) is 29.8 Å². The highest BCUT2D eigenvalue weighted by atomic mass is 32.1. The summed E-state index contributed by atoms with van der Waals surface area (Å²) >= 11 is 1.40. The number of piperidine rings is 1. The quantitative estimate of drug-likeness (QED) is 0.629. The molecule has 1 unspecified atom stereocenters. The van der Waals surface area contributed by atoms with E-state index >= 15 is 0 Å². The Labute approximate surface area is 180 Å². The third-order valence-corrected chi connectivity index (χ3v) is 6.02. The molecule has 0 saturated carbocycles. The van der Waals surface area contributed by atoms with Crippen LogP contribution in [0.5, 0.6) is 5.75 Å². The molecule has 1 aliphatic heterocycles. The Hall–Kier alpha value is -3.00. The standard InChI is InChI=1S/C22H25N5O2S/c1-29-19-8-2-5-16(11-19)12-20-25-22(30-26-20)27-10-4-7-18(15-27)21(28)24-14-17-6-3-9-23-13-17/h2-3,5-6,8-9,11,13,18H,4,7,10,12,14-15H2,1H3,(H,24,28). The first-order chi connectivity index (χ1) is 14.7. The zero-order valence-electron chi connectivity index (χ0n) is 17.0. The molecule has 1 amide bonds. The molecule has 1 atom stereocenters. The number of benzene rings is 1. The zero-order chi connectivity index (χ0) is 20.8. The number of nitrogens with zero attached hydrogens (tertiary/aromatic N) is 4. The molecular weight excluding hydrogens is 398 g/mol. The van der Waals surface area contributed by atoms with E-state index in [4.69, 9.17) is 9.72 Å². The van der Waals surface area contributed by atoms with Crippen molar-refractivity contribution in [3.8, 4) is 5.75 Å². The van der Waals surface area contributed by atoms with E-state index in [1.165, 1.54) is 11.5 Å². The Morgan fingerprint density at radius 2 is 2.20 bits per heavy atom. The normalized spacial score (nSPS) is 16.3. The van der Waals surface area contributed by atoms with Gasteiger partial charge < -0.3 is 15.0 Å². The third kappa shape index (κ3) is 5.13. The summed E-state index contributed by atoms with van der Waals surface area (Å²) in [5.74, 6) is 1.68. The lowest BCUT2D eigenvalue weighted by molar-refractivity contribution is -0.125. The maximum atomic E-state index is 12.7. The van der Waals surface area contributed by atoms with E-state index in [1.54, 1.807) is 19.5 Å². The Morgan fingerprint density at radius 1 is 1.30 bits per heavy atom. The summed E-state index contributed by atoms with van der Waals surface area (Å²) in [5.41, 5.74) is 2.12. The van der Waals surface area contributed by atoms with Crippen LogP contribution in [0.25, 0.3) is 0 Å². The fourth-order valence-corrected chi connectivity index (χ4v) is 4.33. The number of methoxy groups -OCH3 is 1. The van der Waals surface area contributed by atoms with Gasteiger partial charge in [-0.15, -0.1) is 0 Å². The monoisotopic (exact) mass is 423 g/mol. The van der Waals surface area contributed by atoms with Crippen molar-refractivity contribution in [2.45, 2.75) is 25.8 Å². The van der Waals surface area contributed by atoms with E-state index in [-0.39, 0.29) is 11.8 Å². The summed E-state index contributed by atoms with van der Waals surface area (Å²) in [4.78, 5) is 23.7. The first kappa shape index (κ1) is 20.3. The Morgan fingerprint density at radius 3 is 3.03 bits per heavy atom. The van der Waals surface area contributed by atoms with Crippen LogP contribution in [-0.2, 0) is 17.8 Å². The zero-order valence-corrected chi connectivity index (χ0v) is 17.8. The second kappa shape index (κ2) is 9.67. The number of amides is 1. The van der Waals surface area contributed by atoms with Crippen molar-refractivity contribution in [3.63, 3.8) is 0 Å². The summed E-state index contributed by atoms with van der Waals surface area (Å²) in [6.45, 7) is 2.08. The Balaban J connectivity index is 1.34. The van der Waals surface area contributed by atoms with Crippen molar-refractivity contribution in [3.05, 3.63) is 65.7 Å². The van der Waals surface area contributed by atoms with E-state index < -0.39 is 0 Å². The second-order valence-corrected chi connectivity index (χ2v) is 8.12. The molecule has 3 aromatic rings. The number of carbonyl (C=O) groups excluding carboxylic acids is 1. The molecule has 1 N–H and O–H groups in total. The minimum atomic E-state index is -0.0406. The van der Waals surface area contributed by atoms with Gasteiger partial charge in [-0.3, -0.25) is 9.78 Å². The summed E-state index contributed by atoms with van der Waals surface area (Å²) in [6, 6.07) is 11.8. The summed E-state index contributed by atoms with van der Waals surface area (Å²) < 4.78 is 9.82. The number of anilines is 1. The molecule has 1 fully saturated rings. The van der Waals surface area contributed by atoms with Crippen molar-refractivity contribution < 1.29 is 9.53 Å². The Bertz CT molecular complexity index is 978. The fraction of sp³-hybridized carbons (Fsp3) is 0.364. The lowest BCUT2D eigenvalue weighted by Crippen LogP contribution is -2.43. The van der Waals surface area contributed by atoms with Gasteiger partial charge in [0.1, 0.15) is 11.6 Å². The smallest absolute Gasteiger partial charge is 0.225 e. The van der Waals surface area contributed by atoms with E-state index in [0.717, 1.165) is 47.2 Å². The van der Waals surface area contributed by atoms with E-state index in [9.17, 15) is 4.79 Å². The number of hydrogen-bond donors (Lipinski definition) is 1. The minimum absolute atomic E-state index is 0.0406. The SMILES string of the molecule is COc1cccc(Cc2nsc(N3CCCC(C(=O)NCc4cccnc4)C3)n2)c1. The van der Waals surface area contributed by atoms with Crippen molar-refractivity contribution in [1.29, 1.82) is 0 Å². The van der Waals surface area contributed by atoms with Gasteiger partial charge in [0.2, 0.25) is 11.0 Å². The van der Waals surface area contributed by atoms with Gasteiger partial charge in [-0.25, -0.2) is 4.98 Å². The van der Waals surface area contributed by atoms with Crippen molar-refractivity contribution in [2.75, 3.05) is 25.1 Å². The maximum Gasteiger partial charge on any atom is 0.225 e. The second-order valence-electron chi connectivity index (χ2n) is 7.39. The van der Waals surface area contributed by atoms with Gasteiger partial charge >= 0.3 is 0 Å². The number of nitrogens with one attached hydrogen (secondary N) is 1. The largest absolute Gasteiger partial charge is 0.497 e. The van der Waals surface area contributed by atoms with Crippen molar-refractivity contribution >= 4 is 22.6 Å². The molecule has 1 aromatic carbocycles. The maximum absolute atomic E-state index is 12.7. The molecule has 0 spiro atoms. The van der Waals surface area contributed by atoms with Crippen LogP contribution in [0.15, 0.2) is 48.8 Å². The molecule has 1 saturated heterocycles. The highest BCUT2D eigenvalue weighted by molar-refractivity contribution is 7.09. The lowest BCUT2D eigenvalue weighted by Gasteiger charge is -2.31. The van der Waals surface area contributed by atoms with Gasteiger partial charge in [-0.2, -0.15) is 4.37 Å². The molecule has 156 valence electrons. The van der Waals surface area contributed by atoms with Crippen LogP contribution in [0.4, 0.5) is 5.13 Å². The van der Waals surface area contributed by atoms with Crippen LogP contribution in [-0.4, -0.2) is 40.4 Å². The highest BCUT2D eigenvalue weighted by Gasteiger charge is 2.27. The average molecular weight is 424 g/mol. The van der Waals surface area contributed by atoms with Gasteiger partial charge in [0.05, 0.1) is 13.0 Å². The minimum Gasteiger partial charge on any atom is -0.497 e. The lowest BCUT2D eigenvalue weighted by atomic mass is 9.97. The fourth-order valence-electron chi connectivity index (χ4n) is 3.61. The summed E-state index contributed by atoms with van der Waals surface area (Å²) in [7, 11) is 1.66. The molecule has 7 nitrogen and oxygen atoms in total. The van der Waals surface area contributed by atoms with Crippen LogP contribution in [0.3, 0.4) is 0 Å². The molecule has 8 heteroatoms. The number of carbonyl (C=O) groups is 1. The van der Waals surface area contributed by atoms with Gasteiger partial charge in [0.15, 0.2) is 0 Å². The highest BCUT2D eigenvalue weighted by Crippen LogP contribution is 2.26. The van der Waals surface area contributed by atoms with Crippen LogP contribution in [0, 0.1) is 5.92 Å². The molecular formula is C22H25N5O2S. The first-order valence-electron chi connectivity index (χ1n) is 10.1. The number of ether oxygens (including phenoxy) is 1. The Kier molecular flexibility index (Phi) is 6.53. The van der Waals surface area contributed by atoms with Crippen molar-refractivity contribution in [2.24, 2.45) is 5.92 Å². The topological polar surface area (TPSA) is 80.2 Å². The third-order valence-electron chi connectivity index (χ3n) is 5.21. The number of pyridine rings is 1. The van der Waals surface area contributed by atoms with E-state index in [1.807, 2.05) is 36.4 Å². The first-order valence-corrected chi connectivity index (χ1v) is 10.9. The van der Waals surface area contributed by atoms with Gasteiger partial charge in [0, 0.05) is 50.0 Å². The van der Waals surface area contributed by atoms with E-state index in [2.05, 4.69) is 19.6 Å². The molecule has 0 bridgehead atoms. The van der Waals surface area contributed by atoms with Crippen molar-refractivity contribution in [1.82, 2.24) is 19.7 Å². The predicted octanol–water partition coefficient (Wildman–Crippen LogP) is 3.07. The van der Waals surface area contributed by atoms with E-state index in [0.29, 0.717) is 19.5 Å². The molecule has 4 rings (SSSR count). The number of aromatic nitrogens is 3.